The van der Waals surface area contributed by atoms with Crippen LogP contribution in [0, 0.1) is 0 Å². The molecule has 22 N–H and O–H groups in total. The van der Waals surface area contributed by atoms with Gasteiger partial charge in [0.15, 0.2) is 53.4 Å². The summed E-state index contributed by atoms with van der Waals surface area (Å²) in [6, 6.07) is 0. The van der Waals surface area contributed by atoms with Gasteiger partial charge in [-0.2, -0.15) is 0 Å². The first-order valence-corrected chi connectivity index (χ1v) is 20.2. The minimum Gasteiger partial charge on any atom is -0.506 e. The third-order valence-electron chi connectivity index (χ3n) is 10.4. The summed E-state index contributed by atoms with van der Waals surface area (Å²) in [5, 5.41) is 232. The fraction of sp³-hybridized carbons (Fsp3) is 0.833. The van der Waals surface area contributed by atoms with Crippen LogP contribution >= 0.6 is 0 Å². The summed E-state index contributed by atoms with van der Waals surface area (Å²) in [7, 11) is 0. The maximum Gasteiger partial charge on any atom is 0.218 e. The van der Waals surface area contributed by atoms with Crippen LogP contribution in [0.15, 0.2) is 34.6 Å². The Bertz CT molecular complexity index is 1550. The van der Waals surface area contributed by atoms with E-state index in [1.807, 2.05) is 0 Å². The fourth-order valence-electron chi connectivity index (χ4n) is 6.76. The van der Waals surface area contributed by atoms with Gasteiger partial charge in [0.25, 0.3) is 0 Å². The smallest absolute Gasteiger partial charge is 0.218 e. The monoisotopic (exact) mass is 974 g/mol. The van der Waals surface area contributed by atoms with Crippen molar-refractivity contribution in [2.75, 3.05) is 39.6 Å². The summed E-state index contributed by atoms with van der Waals surface area (Å²) < 4.78 is 42.4. The molecule has 0 saturated carbocycles. The van der Waals surface area contributed by atoms with Gasteiger partial charge in [-0.05, 0) is 6.42 Å². The quantitative estimate of drug-likeness (QED) is 0.0966. The van der Waals surface area contributed by atoms with Gasteiger partial charge in [-0.3, -0.25) is 0 Å². The fourth-order valence-corrected chi connectivity index (χ4v) is 6.76. The lowest BCUT2D eigenvalue weighted by molar-refractivity contribution is -0.368. The maximum absolute atomic E-state index is 11.1. The van der Waals surface area contributed by atoms with Crippen LogP contribution in [0.5, 0.6) is 0 Å². The minimum atomic E-state index is -2.74. The highest BCUT2D eigenvalue weighted by Crippen LogP contribution is 2.33. The molecule has 2 saturated heterocycles. The van der Waals surface area contributed by atoms with Gasteiger partial charge in [-0.25, -0.2) is 0 Å². The number of hydrogen-bond donors (Lipinski definition) is 22. The van der Waals surface area contributed by atoms with Gasteiger partial charge in [0.05, 0.1) is 19.3 Å². The van der Waals surface area contributed by atoms with E-state index in [0.29, 0.717) is 0 Å². The number of aliphatic hydroxyl groups excluding tert-OH is 22. The minimum absolute atomic E-state index is 0.680. The summed E-state index contributed by atoms with van der Waals surface area (Å²) >= 11 is 0. The number of hydrogen-bond acceptors (Lipinski definition) is 30. The zero-order chi connectivity index (χ0) is 49.7. The van der Waals surface area contributed by atoms with E-state index in [2.05, 4.69) is 0 Å². The molecule has 20 atom stereocenters. The highest BCUT2D eigenvalue weighted by atomic mass is 16.8. The van der Waals surface area contributed by atoms with Crippen molar-refractivity contribution in [3.05, 3.63) is 34.6 Å². The average molecular weight is 975 g/mol. The molecule has 0 radical (unpaired) electrons. The molecule has 5 aliphatic heterocycles. The first kappa shape index (κ1) is 57.4. The Kier molecular flexibility index (Phi) is 23.2. The predicted molar refractivity (Wildman–Crippen MR) is 204 cm³/mol. The topological polar surface area (TPSA) is 519 Å². The highest BCUT2D eigenvalue weighted by Gasteiger charge is 2.52. The van der Waals surface area contributed by atoms with Crippen LogP contribution in [0.4, 0.5) is 0 Å². The number of fused-ring (bicyclic) bond motifs is 2. The van der Waals surface area contributed by atoms with Crippen LogP contribution in [0.1, 0.15) is 25.7 Å². The van der Waals surface area contributed by atoms with E-state index in [0.717, 1.165) is 0 Å². The molecule has 0 aromatic heterocycles. The first-order valence-electron chi connectivity index (χ1n) is 20.2. The average Bonchev–Trinajstić information content (AvgIpc) is 3.30. The van der Waals surface area contributed by atoms with E-state index >= 15 is 0 Å². The van der Waals surface area contributed by atoms with Crippen LogP contribution in [0.3, 0.4) is 0 Å². The lowest BCUT2D eigenvalue weighted by Crippen LogP contribution is -2.65. The van der Waals surface area contributed by atoms with Gasteiger partial charge in [0, 0.05) is 45.7 Å². The van der Waals surface area contributed by atoms with Crippen LogP contribution in [-0.2, 0) is 37.9 Å². The van der Waals surface area contributed by atoms with Crippen LogP contribution in [0.25, 0.3) is 0 Å². The molecule has 0 spiro atoms. The van der Waals surface area contributed by atoms with Gasteiger partial charge in [0.1, 0.15) is 79.4 Å². The molecule has 0 aromatic rings. The Labute approximate surface area is 373 Å². The summed E-state index contributed by atoms with van der Waals surface area (Å²) in [4.78, 5) is 0. The van der Waals surface area contributed by atoms with Crippen LogP contribution in [0.2, 0.25) is 0 Å². The molecule has 386 valence electrons. The van der Waals surface area contributed by atoms with E-state index in [1.54, 1.807) is 0 Å². The molecule has 2 fully saturated rings. The predicted octanol–water partition coefficient (Wildman–Crippen LogP) is -8.30. The zero-order valence-electron chi connectivity index (χ0n) is 34.7. The molecule has 0 aromatic carbocycles. The molecular weight excluding hydrogens is 912 g/mol. The second kappa shape index (κ2) is 26.7. The Morgan fingerprint density at radius 2 is 0.667 bits per heavy atom. The van der Waals surface area contributed by atoms with Crippen molar-refractivity contribution >= 4 is 0 Å². The Morgan fingerprint density at radius 1 is 0.303 bits per heavy atom. The van der Waals surface area contributed by atoms with Gasteiger partial charge >= 0.3 is 0 Å². The molecular formula is C36H62O30. The molecule has 5 rings (SSSR count). The molecule has 5 aliphatic rings. The van der Waals surface area contributed by atoms with E-state index in [-0.39, 0.29) is 0 Å². The van der Waals surface area contributed by atoms with Gasteiger partial charge in [-0.15, -0.1) is 0 Å². The van der Waals surface area contributed by atoms with E-state index in [1.165, 1.54) is 0 Å². The van der Waals surface area contributed by atoms with Crippen molar-refractivity contribution in [3.63, 3.8) is 0 Å². The zero-order valence-corrected chi connectivity index (χ0v) is 34.7. The van der Waals surface area contributed by atoms with Crippen molar-refractivity contribution in [1.82, 2.24) is 0 Å². The third kappa shape index (κ3) is 14.1. The lowest BCUT2D eigenvalue weighted by Gasteiger charge is -2.47. The number of aliphatic hydroxyl groups is 22. The highest BCUT2D eigenvalue weighted by molar-refractivity contribution is 5.11. The van der Waals surface area contributed by atoms with Crippen LogP contribution in [-0.4, -0.2) is 275 Å². The molecule has 20 unspecified atom stereocenters. The van der Waals surface area contributed by atoms with Gasteiger partial charge in [-0.1, -0.05) is 0 Å². The maximum atomic E-state index is 11.1. The normalized spacial score (nSPS) is 43.8. The molecule has 66 heavy (non-hydrogen) atoms. The molecule has 0 amide bonds. The number of ether oxygens (including phenoxy) is 8. The van der Waals surface area contributed by atoms with Crippen molar-refractivity contribution in [3.8, 4) is 0 Å². The second-order valence-corrected chi connectivity index (χ2v) is 15.0. The van der Waals surface area contributed by atoms with Gasteiger partial charge < -0.3 is 150 Å². The summed E-state index contributed by atoms with van der Waals surface area (Å²) in [5.41, 5.74) is 0. The molecule has 0 aliphatic carbocycles. The van der Waals surface area contributed by atoms with Gasteiger partial charge in [0.2, 0.25) is 18.9 Å². The molecule has 30 heteroatoms. The van der Waals surface area contributed by atoms with E-state index < -0.39 is 223 Å². The summed E-state index contributed by atoms with van der Waals surface area (Å²) in [6.45, 7) is -5.75. The number of rotatable bonds is 10. The Balaban J connectivity index is 2.13. The standard InChI is InChI=1S/C36H62O30/c37-5-1-11-17(43)24(50)32(56)61-13(3-7-39)19(45)26(52)34(58)65-29-15(9-41)64-36(28(54)21(29)47)66-30-16(10-42)63-35(27(53)22(30)48)62-14(4-8-40)20(46)25(51)33(57)60-12(2-6-38)18(44)23(49)31(55)59-11/h11-17,21-22,24,27-58H,1-10H2/b23-18?,25-20+,26-19-. The third-order valence-corrected chi connectivity index (χ3v) is 10.4. The Hall–Kier alpha value is -2.94. The first-order chi connectivity index (χ1) is 31.1. The molecule has 4 bridgehead atoms. The summed E-state index contributed by atoms with van der Waals surface area (Å²) in [5.74, 6) is -8.92. The lowest BCUT2D eigenvalue weighted by atomic mass is 9.96. The van der Waals surface area contributed by atoms with Crippen molar-refractivity contribution in [2.24, 2.45) is 0 Å². The Morgan fingerprint density at radius 3 is 1.09 bits per heavy atom. The summed E-state index contributed by atoms with van der Waals surface area (Å²) in [6.07, 6.45) is -47.6. The van der Waals surface area contributed by atoms with Crippen LogP contribution < -0.4 is 0 Å². The van der Waals surface area contributed by atoms with Crippen molar-refractivity contribution in [1.29, 1.82) is 0 Å². The van der Waals surface area contributed by atoms with Crippen molar-refractivity contribution < 1.29 is 150 Å². The van der Waals surface area contributed by atoms with Crippen molar-refractivity contribution in [2.45, 2.75) is 149 Å². The van der Waals surface area contributed by atoms with E-state index in [4.69, 9.17) is 37.9 Å². The second-order valence-electron chi connectivity index (χ2n) is 15.0. The SMILES string of the molecule is OCCC1OC(O)/C(O)=C(\O)C(CCO)OC2OC(CO)C(OC3OC(CO)C(OC(O)/C(O)=C(/O)C(CCO)OC(O)C(O)C(O)C(CCO)OC(O)C(O)=C1O)C(O)C3O)C(O)C2O. The van der Waals surface area contributed by atoms with E-state index in [9.17, 15) is 112 Å². The largest absolute Gasteiger partial charge is 0.506 e. The molecule has 30 nitrogen and oxygen atoms in total. The molecule has 5 heterocycles.